The van der Waals surface area contributed by atoms with Gasteiger partial charge in [-0.05, 0) is 25.3 Å². The number of hydrogen-bond donors (Lipinski definition) is 3. The fourth-order valence-corrected chi connectivity index (χ4v) is 2.70. The number of hydrogen-bond acceptors (Lipinski definition) is 4. The molecule has 2 unspecified atom stereocenters. The molecule has 3 amide bonds. The lowest BCUT2D eigenvalue weighted by atomic mass is 9.93. The average molecular weight is 277 g/mol. The number of fused-ring (bicyclic) bond motifs is 1. The molecule has 0 saturated carbocycles. The Morgan fingerprint density at radius 2 is 2.17 bits per heavy atom. The molecule has 2 fully saturated rings. The number of imide groups is 1. The monoisotopic (exact) mass is 276 g/mol. The highest BCUT2D eigenvalue weighted by molar-refractivity contribution is 5.95. The van der Waals surface area contributed by atoms with Crippen LogP contribution in [0.2, 0.25) is 0 Å². The molecule has 2 atom stereocenters. The Kier molecular flexibility index (Phi) is 5.84. The molecule has 0 spiro atoms. The summed E-state index contributed by atoms with van der Waals surface area (Å²) in [5.74, 6) is 0.435. The molecule has 2 aliphatic rings. The van der Waals surface area contributed by atoms with Crippen molar-refractivity contribution in [2.75, 3.05) is 33.2 Å². The number of rotatable bonds is 2. The molecule has 104 valence electrons. The van der Waals surface area contributed by atoms with Crippen molar-refractivity contribution in [2.24, 2.45) is 5.92 Å². The Hall–Kier alpha value is -0.850. The second-order valence-corrected chi connectivity index (χ2v) is 4.76. The van der Waals surface area contributed by atoms with E-state index in [1.807, 2.05) is 0 Å². The van der Waals surface area contributed by atoms with Crippen molar-refractivity contribution in [3.05, 3.63) is 0 Å². The summed E-state index contributed by atoms with van der Waals surface area (Å²) in [6.07, 6.45) is 2.29. The minimum Gasteiger partial charge on any atom is -0.341 e. The van der Waals surface area contributed by atoms with E-state index in [2.05, 4.69) is 20.9 Å². The van der Waals surface area contributed by atoms with Gasteiger partial charge >= 0.3 is 6.03 Å². The van der Waals surface area contributed by atoms with Crippen LogP contribution in [0.1, 0.15) is 12.8 Å². The third kappa shape index (κ3) is 3.83. The Bertz CT molecular complexity index is 313. The largest absolute Gasteiger partial charge is 0.341 e. The van der Waals surface area contributed by atoms with Gasteiger partial charge in [-0.1, -0.05) is 0 Å². The predicted octanol–water partition coefficient (Wildman–Crippen LogP) is -0.452. The molecule has 0 aromatic carbocycles. The smallest absolute Gasteiger partial charge is 0.321 e. The van der Waals surface area contributed by atoms with Crippen molar-refractivity contribution in [2.45, 2.75) is 18.9 Å². The van der Waals surface area contributed by atoms with Crippen LogP contribution < -0.4 is 16.0 Å². The van der Waals surface area contributed by atoms with Crippen LogP contribution in [-0.2, 0) is 4.79 Å². The normalized spacial score (nSPS) is 26.9. The highest BCUT2D eigenvalue weighted by Crippen LogP contribution is 2.24. The first-order chi connectivity index (χ1) is 8.19. The topological polar surface area (TPSA) is 73.5 Å². The highest BCUT2D eigenvalue weighted by atomic mass is 35.5. The first-order valence-electron chi connectivity index (χ1n) is 6.16. The van der Waals surface area contributed by atoms with E-state index in [4.69, 9.17) is 0 Å². The quantitative estimate of drug-likeness (QED) is 0.639. The fourth-order valence-electron chi connectivity index (χ4n) is 2.70. The number of likely N-dealkylation sites (tertiary alicyclic amines) is 1. The molecule has 0 bridgehead atoms. The van der Waals surface area contributed by atoms with E-state index in [0.29, 0.717) is 18.5 Å². The van der Waals surface area contributed by atoms with Crippen LogP contribution >= 0.6 is 12.4 Å². The summed E-state index contributed by atoms with van der Waals surface area (Å²) in [5, 5.41) is 8.14. The molecule has 0 aromatic heterocycles. The Morgan fingerprint density at radius 3 is 2.89 bits per heavy atom. The second kappa shape index (κ2) is 6.92. The average Bonchev–Trinajstić information content (AvgIpc) is 2.75. The van der Waals surface area contributed by atoms with Gasteiger partial charge in [0.25, 0.3) is 0 Å². The van der Waals surface area contributed by atoms with Gasteiger partial charge in [0.05, 0.1) is 6.54 Å². The van der Waals surface area contributed by atoms with E-state index in [9.17, 15) is 9.59 Å². The van der Waals surface area contributed by atoms with Crippen LogP contribution in [0.5, 0.6) is 0 Å². The molecule has 0 aliphatic carbocycles. The molecule has 18 heavy (non-hydrogen) atoms. The van der Waals surface area contributed by atoms with E-state index in [1.54, 1.807) is 0 Å². The minimum atomic E-state index is -0.438. The molecule has 2 saturated heterocycles. The Balaban J connectivity index is 0.00000162. The number of nitrogens with one attached hydrogen (secondary N) is 3. The first-order valence-corrected chi connectivity index (χ1v) is 6.16. The van der Waals surface area contributed by atoms with Crippen molar-refractivity contribution in [3.8, 4) is 0 Å². The van der Waals surface area contributed by atoms with Gasteiger partial charge in [-0.3, -0.25) is 15.0 Å². The fraction of sp³-hybridized carbons (Fsp3) is 0.818. The molecule has 3 N–H and O–H groups in total. The van der Waals surface area contributed by atoms with Gasteiger partial charge in [-0.2, -0.15) is 0 Å². The maximum Gasteiger partial charge on any atom is 0.321 e. The Labute approximate surface area is 113 Å². The van der Waals surface area contributed by atoms with E-state index in [0.717, 1.165) is 26.1 Å². The lowest BCUT2D eigenvalue weighted by Gasteiger charge is -2.34. The number of carbonyl (C=O) groups excluding carboxylic acids is 2. The van der Waals surface area contributed by atoms with Crippen LogP contribution in [0.15, 0.2) is 0 Å². The maximum atomic E-state index is 11.5. The molecule has 0 radical (unpaired) electrons. The number of amides is 3. The molecule has 7 heteroatoms. The molecular formula is C11H21ClN4O2. The summed E-state index contributed by atoms with van der Waals surface area (Å²) in [6.45, 7) is 3.29. The molecule has 2 rings (SSSR count). The van der Waals surface area contributed by atoms with Crippen LogP contribution in [-0.4, -0.2) is 56.1 Å². The van der Waals surface area contributed by atoms with Gasteiger partial charge < -0.3 is 10.6 Å². The number of urea groups is 1. The summed E-state index contributed by atoms with van der Waals surface area (Å²) >= 11 is 0. The van der Waals surface area contributed by atoms with Crippen LogP contribution in [0.4, 0.5) is 4.79 Å². The van der Waals surface area contributed by atoms with Gasteiger partial charge in [0.15, 0.2) is 0 Å². The highest BCUT2D eigenvalue weighted by Gasteiger charge is 2.32. The predicted molar refractivity (Wildman–Crippen MR) is 70.8 cm³/mol. The van der Waals surface area contributed by atoms with E-state index in [1.165, 1.54) is 13.5 Å². The minimum absolute atomic E-state index is 0. The third-order valence-electron chi connectivity index (χ3n) is 3.59. The lowest BCUT2D eigenvalue weighted by molar-refractivity contribution is -0.121. The summed E-state index contributed by atoms with van der Waals surface area (Å²) in [7, 11) is 1.50. The molecular weight excluding hydrogens is 256 g/mol. The maximum absolute atomic E-state index is 11.5. The lowest BCUT2D eigenvalue weighted by Crippen LogP contribution is -2.49. The second-order valence-electron chi connectivity index (χ2n) is 4.76. The van der Waals surface area contributed by atoms with E-state index >= 15 is 0 Å². The number of carbonyl (C=O) groups is 2. The summed E-state index contributed by atoms with van der Waals surface area (Å²) < 4.78 is 0. The van der Waals surface area contributed by atoms with Crippen molar-refractivity contribution in [3.63, 3.8) is 0 Å². The molecule has 2 aliphatic heterocycles. The zero-order valence-electron chi connectivity index (χ0n) is 10.6. The van der Waals surface area contributed by atoms with Crippen LogP contribution in [0.3, 0.4) is 0 Å². The standard InChI is InChI=1S/C11H20N4O2.ClH/c1-12-11(17)14-10(16)7-15-5-3-9-8(6-15)2-4-13-9;/h8-9,13H,2-7H2,1H3,(H2,12,14,16,17);1H. The third-order valence-corrected chi connectivity index (χ3v) is 3.59. The van der Waals surface area contributed by atoms with Crippen LogP contribution in [0, 0.1) is 5.92 Å². The van der Waals surface area contributed by atoms with Crippen molar-refractivity contribution >= 4 is 24.3 Å². The number of nitrogens with zero attached hydrogens (tertiary/aromatic N) is 1. The van der Waals surface area contributed by atoms with E-state index < -0.39 is 6.03 Å². The number of piperidine rings is 1. The van der Waals surface area contributed by atoms with Gasteiger partial charge in [-0.15, -0.1) is 12.4 Å². The summed E-state index contributed by atoms with van der Waals surface area (Å²) in [4.78, 5) is 24.6. The Morgan fingerprint density at radius 1 is 1.39 bits per heavy atom. The van der Waals surface area contributed by atoms with E-state index in [-0.39, 0.29) is 18.3 Å². The summed E-state index contributed by atoms with van der Waals surface area (Å²) in [6, 6.07) is 0.195. The summed E-state index contributed by atoms with van der Waals surface area (Å²) in [5.41, 5.74) is 0. The number of halogens is 1. The SMILES string of the molecule is CNC(=O)NC(=O)CN1CCC2NCCC2C1.Cl. The van der Waals surface area contributed by atoms with Gasteiger partial charge in [-0.25, -0.2) is 4.79 Å². The zero-order valence-corrected chi connectivity index (χ0v) is 11.4. The van der Waals surface area contributed by atoms with Gasteiger partial charge in [0, 0.05) is 26.2 Å². The van der Waals surface area contributed by atoms with Crippen molar-refractivity contribution < 1.29 is 9.59 Å². The molecule has 6 nitrogen and oxygen atoms in total. The van der Waals surface area contributed by atoms with Gasteiger partial charge in [0.1, 0.15) is 0 Å². The van der Waals surface area contributed by atoms with Crippen molar-refractivity contribution in [1.82, 2.24) is 20.9 Å². The van der Waals surface area contributed by atoms with Gasteiger partial charge in [0.2, 0.25) is 5.91 Å². The first kappa shape index (κ1) is 15.2. The molecule has 0 aromatic rings. The van der Waals surface area contributed by atoms with Crippen molar-refractivity contribution in [1.29, 1.82) is 0 Å². The van der Waals surface area contributed by atoms with Crippen LogP contribution in [0.25, 0.3) is 0 Å². The molecule has 2 heterocycles. The zero-order chi connectivity index (χ0) is 12.3.